The molecule has 0 bridgehead atoms. The molecule has 1 unspecified atom stereocenters. The summed E-state index contributed by atoms with van der Waals surface area (Å²) in [5.74, 6) is -14.1. The van der Waals surface area contributed by atoms with E-state index in [4.69, 9.17) is 38.6 Å². The molecule has 0 spiro atoms. The number of nitrogens with zero attached hydrogens (tertiary/aromatic N) is 2. The third kappa shape index (κ3) is 24.4. The number of carbonyl (C=O) groups is 12. The molecule has 29 nitrogen and oxygen atoms in total. The van der Waals surface area contributed by atoms with Crippen molar-refractivity contribution < 1.29 is 85.1 Å². The number of amides is 11. The van der Waals surface area contributed by atoms with Crippen LogP contribution in [0.1, 0.15) is 62.5 Å². The molecule has 19 N–H and O–H groups in total. The zero-order valence-corrected chi connectivity index (χ0v) is 45.4. The third-order valence-electron chi connectivity index (χ3n) is 11.9. The quantitative estimate of drug-likeness (QED) is 0.0272. The minimum atomic E-state index is -5.08. The molecule has 2 aromatic carbocycles. The number of aliphatic imine (C=N–C) groups is 1. The van der Waals surface area contributed by atoms with Crippen molar-refractivity contribution >= 4 is 97.5 Å². The normalized spacial score (nSPS) is 21.6. The number of carboxylic acids is 1. The van der Waals surface area contributed by atoms with Crippen LogP contribution in [0.3, 0.4) is 0 Å². The Morgan fingerprint density at radius 3 is 1.90 bits per heavy atom. The minimum Gasteiger partial charge on any atom is -0.508 e. The number of likely N-dealkylation sites (tertiary alicyclic amines) is 1. The van der Waals surface area contributed by atoms with Gasteiger partial charge >= 0.3 is 12.1 Å². The molecule has 450 valence electrons. The predicted molar refractivity (Wildman–Crippen MR) is 286 cm³/mol. The van der Waals surface area contributed by atoms with Gasteiger partial charge in [0, 0.05) is 44.5 Å². The third-order valence-corrected chi connectivity index (χ3v) is 14.8. The van der Waals surface area contributed by atoms with Crippen molar-refractivity contribution in [2.45, 2.75) is 113 Å². The van der Waals surface area contributed by atoms with E-state index >= 15 is 0 Å². The average Bonchev–Trinajstić information content (AvgIpc) is 4.05. The lowest BCUT2D eigenvalue weighted by atomic mass is 10.0. The van der Waals surface area contributed by atoms with Crippen LogP contribution in [0.25, 0.3) is 0 Å². The van der Waals surface area contributed by atoms with Gasteiger partial charge in [0.2, 0.25) is 65.0 Å². The monoisotopic (exact) mass is 1200 g/mol. The lowest BCUT2D eigenvalue weighted by Gasteiger charge is -2.30. The molecule has 0 radical (unpaired) electrons. The topological polar surface area (TPSA) is 492 Å². The highest BCUT2D eigenvalue weighted by Crippen LogP contribution is 2.22. The van der Waals surface area contributed by atoms with Gasteiger partial charge < -0.3 is 81.0 Å². The first-order valence-corrected chi connectivity index (χ1v) is 27.8. The number of nitrogens with one attached hydrogen (secondary N) is 7. The summed E-state index contributed by atoms with van der Waals surface area (Å²) < 4.78 is 45.6. The average molecular weight is 1200 g/mol. The SMILES string of the molecule is NC(=O)CC[C@@H]1NC(=O)[C@H](Cc2ccccc2)NC(=O)[C@H](Cc2ccc(O)cc2)NC(=O)CCSS(=O)C[C@@H](C(=O)N2CCC[C@H]2C(=O)N[C@H](CCCN=C(N)N)C(=O)NCC(N)=O)NC(=O)[C@H](CC(N)=O)NC1=O.O=C(O)C(F)(F)F. The van der Waals surface area contributed by atoms with Crippen LogP contribution in [-0.4, -0.2) is 176 Å². The fourth-order valence-corrected chi connectivity index (χ4v) is 10.4. The van der Waals surface area contributed by atoms with Crippen molar-refractivity contribution in [3.63, 3.8) is 0 Å². The molecule has 2 fully saturated rings. The number of hydrogen-bond acceptors (Lipinski definition) is 16. The second-order valence-electron chi connectivity index (χ2n) is 18.3. The van der Waals surface area contributed by atoms with Crippen molar-refractivity contribution in [1.29, 1.82) is 0 Å². The number of carbonyl (C=O) groups excluding carboxylic acids is 11. The van der Waals surface area contributed by atoms with Crippen LogP contribution in [0.5, 0.6) is 5.75 Å². The number of halogens is 3. The van der Waals surface area contributed by atoms with Gasteiger partial charge in [-0.2, -0.15) is 13.2 Å². The number of phenols is 1. The standard InChI is InChI=1S/C46H64N14O13S2.C2HF3O2/c47-35(62)15-14-29-40(67)58-32(22-36(48)63)43(70)59-33(45(72)60-18-5-9-34(60)44(71)56-28(8-4-17-52-46(50)51)39(66)53-23-37(49)64)24-75(73)74-19-16-38(65)54-30(21-26-10-12-27(61)13-11-26)41(68)57-31(42(69)55-29)20-25-6-2-1-3-7-25;3-2(4,5)1(6)7/h1-3,6-7,10-13,28-34,61H,4-5,8-9,14-24H2,(H2,47,62)(H2,48,63)(H2,49,64)(H,53,66)(H,54,65)(H,55,69)(H,56,71)(H,57,68)(H,58,67)(H,59,70)(H4,50,51,52);(H,6,7)/t28-,29+,30+,31+,32+,33+,34+,75?;/m1./s1. The van der Waals surface area contributed by atoms with Crippen molar-refractivity contribution in [1.82, 2.24) is 42.1 Å². The molecule has 2 saturated heterocycles. The minimum absolute atomic E-state index is 0.0265. The summed E-state index contributed by atoms with van der Waals surface area (Å²) in [6, 6.07) is 3.59. The van der Waals surface area contributed by atoms with Crippen LogP contribution < -0.4 is 65.9 Å². The Labute approximate surface area is 472 Å². The smallest absolute Gasteiger partial charge is 0.490 e. The first-order valence-electron chi connectivity index (χ1n) is 25.0. The van der Waals surface area contributed by atoms with Gasteiger partial charge in [-0.3, -0.25) is 57.7 Å². The van der Waals surface area contributed by atoms with Gasteiger partial charge in [0.25, 0.3) is 0 Å². The van der Waals surface area contributed by atoms with Crippen LogP contribution in [-0.2, 0) is 80.2 Å². The Balaban J connectivity index is 0.00000236. The second-order valence-corrected chi connectivity index (χ2v) is 21.7. The van der Waals surface area contributed by atoms with Crippen LogP contribution >= 0.6 is 10.8 Å². The molecule has 2 aliphatic rings. The summed E-state index contributed by atoms with van der Waals surface area (Å²) in [4.78, 5) is 162. The van der Waals surface area contributed by atoms with E-state index < -0.39 is 161 Å². The molecular weight excluding hydrogens is 1130 g/mol. The van der Waals surface area contributed by atoms with Crippen LogP contribution in [0, 0.1) is 0 Å². The zero-order chi connectivity index (χ0) is 61.3. The van der Waals surface area contributed by atoms with Gasteiger partial charge in [-0.25, -0.2) is 9.00 Å². The van der Waals surface area contributed by atoms with Gasteiger partial charge in [0.05, 0.1) is 28.6 Å². The fourth-order valence-electron chi connectivity index (χ4n) is 7.88. The number of carboxylic acid groups (broad SMARTS) is 1. The summed E-state index contributed by atoms with van der Waals surface area (Å²) in [5.41, 5.74) is 28.0. The Morgan fingerprint density at radius 2 is 1.33 bits per heavy atom. The van der Waals surface area contributed by atoms with Crippen LogP contribution in [0.2, 0.25) is 0 Å². The first kappa shape index (κ1) is 67.7. The second kappa shape index (κ2) is 33.3. The van der Waals surface area contributed by atoms with Crippen molar-refractivity contribution in [2.24, 2.45) is 33.7 Å². The number of guanidine groups is 1. The number of nitrogens with two attached hydrogens (primary N) is 5. The van der Waals surface area contributed by atoms with E-state index in [0.29, 0.717) is 21.9 Å². The summed E-state index contributed by atoms with van der Waals surface area (Å²) >= 11 is 0. The summed E-state index contributed by atoms with van der Waals surface area (Å²) in [6.07, 6.45) is -7.06. The number of aliphatic carboxylic acids is 1. The molecule has 0 saturated carbocycles. The highest BCUT2D eigenvalue weighted by Gasteiger charge is 2.41. The summed E-state index contributed by atoms with van der Waals surface area (Å²) in [5, 5.41) is 34.5. The highest BCUT2D eigenvalue weighted by molar-refractivity contribution is 8.69. The molecule has 2 aromatic rings. The van der Waals surface area contributed by atoms with Gasteiger partial charge in [-0.1, -0.05) is 53.3 Å². The van der Waals surface area contributed by atoms with Crippen molar-refractivity contribution in [3.05, 3.63) is 65.7 Å². The number of benzene rings is 2. The number of rotatable bonds is 19. The molecule has 4 rings (SSSR count). The van der Waals surface area contributed by atoms with Gasteiger partial charge in [0.1, 0.15) is 48.0 Å². The van der Waals surface area contributed by atoms with E-state index in [1.54, 1.807) is 30.3 Å². The van der Waals surface area contributed by atoms with Gasteiger partial charge in [0.15, 0.2) is 5.96 Å². The van der Waals surface area contributed by atoms with Crippen LogP contribution in [0.15, 0.2) is 59.6 Å². The Hall–Kier alpha value is -8.56. The lowest BCUT2D eigenvalue weighted by molar-refractivity contribution is -0.192. The van der Waals surface area contributed by atoms with E-state index in [-0.39, 0.29) is 75.5 Å². The maximum atomic E-state index is 14.6. The van der Waals surface area contributed by atoms with Gasteiger partial charge in [-0.15, -0.1) is 0 Å². The zero-order valence-electron chi connectivity index (χ0n) is 43.8. The first-order chi connectivity index (χ1) is 38.5. The molecule has 11 amide bonds. The molecular formula is C48H65F3N14O15S2. The number of aromatic hydroxyl groups is 1. The van der Waals surface area contributed by atoms with E-state index in [1.165, 1.54) is 24.3 Å². The fraction of sp³-hybridized carbons (Fsp3) is 0.479. The van der Waals surface area contributed by atoms with Crippen molar-refractivity contribution in [2.75, 3.05) is 31.1 Å². The summed E-state index contributed by atoms with van der Waals surface area (Å²) in [6.45, 7) is -0.554. The van der Waals surface area contributed by atoms with E-state index in [9.17, 15) is 75.2 Å². The molecule has 8 atom stereocenters. The van der Waals surface area contributed by atoms with Gasteiger partial charge in [-0.05, 0) is 55.4 Å². The number of alkyl halides is 3. The van der Waals surface area contributed by atoms with Crippen LogP contribution in [0.4, 0.5) is 13.2 Å². The maximum Gasteiger partial charge on any atom is 0.490 e. The maximum absolute atomic E-state index is 14.6. The van der Waals surface area contributed by atoms with E-state index in [1.807, 2.05) is 0 Å². The molecule has 0 aliphatic carbocycles. The lowest BCUT2D eigenvalue weighted by Crippen LogP contribution is -2.61. The molecule has 82 heavy (non-hydrogen) atoms. The Morgan fingerprint density at radius 1 is 0.768 bits per heavy atom. The largest absolute Gasteiger partial charge is 0.508 e. The van der Waals surface area contributed by atoms with E-state index in [0.717, 1.165) is 4.90 Å². The summed E-state index contributed by atoms with van der Waals surface area (Å²) in [7, 11) is -1.40. The number of phenolic OH excluding ortho intramolecular Hbond substituents is 1. The predicted octanol–water partition coefficient (Wildman–Crippen LogP) is -4.69. The molecule has 0 aromatic heterocycles. The number of hydrogen-bond donors (Lipinski definition) is 14. The molecule has 2 aliphatic heterocycles. The van der Waals surface area contributed by atoms with Crippen molar-refractivity contribution in [3.8, 4) is 5.75 Å². The Bertz CT molecular complexity index is 2690. The number of primary amides is 3. The highest BCUT2D eigenvalue weighted by atomic mass is 33.1. The Kier molecular flexibility index (Phi) is 27.5. The van der Waals surface area contributed by atoms with E-state index in [2.05, 4.69) is 42.2 Å². The molecule has 34 heteroatoms. The molecule has 2 heterocycles.